The average molecular weight is 260 g/mol. The van der Waals surface area contributed by atoms with Crippen LogP contribution in [0.15, 0.2) is 30.5 Å². The maximum absolute atomic E-state index is 5.97. The minimum atomic E-state index is 0.777. The Morgan fingerprint density at radius 1 is 1.28 bits per heavy atom. The highest BCUT2D eigenvalue weighted by Crippen LogP contribution is 2.26. The quantitative estimate of drug-likeness (QED) is 0.650. The lowest BCUT2D eigenvalue weighted by molar-refractivity contribution is 0.632. The molecule has 2 N–H and O–H groups in total. The Labute approximate surface area is 113 Å². The minimum Gasteiger partial charge on any atom is -0.398 e. The lowest BCUT2D eigenvalue weighted by Gasteiger charge is -2.08. The Morgan fingerprint density at radius 2 is 2.11 bits per heavy atom. The normalized spacial score (nSPS) is 11.3. The topological polar surface area (TPSA) is 38.9 Å². The van der Waals surface area contributed by atoms with Crippen LogP contribution in [0, 0.1) is 5.92 Å². The van der Waals surface area contributed by atoms with Crippen LogP contribution >= 0.6 is 11.8 Å². The second-order valence-electron chi connectivity index (χ2n) is 4.95. The van der Waals surface area contributed by atoms with Crippen LogP contribution in [0.3, 0.4) is 0 Å². The Balaban J connectivity index is 2.11. The van der Waals surface area contributed by atoms with Crippen molar-refractivity contribution in [2.45, 2.75) is 26.0 Å². The van der Waals surface area contributed by atoms with Crippen molar-refractivity contribution in [1.29, 1.82) is 0 Å². The van der Waals surface area contributed by atoms with Gasteiger partial charge in [0.15, 0.2) is 0 Å². The molecule has 0 aliphatic heterocycles. The molecule has 2 aromatic rings. The van der Waals surface area contributed by atoms with E-state index in [1.54, 1.807) is 0 Å². The number of nitrogens with two attached hydrogens (primary N) is 1. The Bertz CT molecular complexity index is 523. The number of benzene rings is 1. The van der Waals surface area contributed by atoms with Crippen molar-refractivity contribution >= 4 is 28.4 Å². The molecule has 18 heavy (non-hydrogen) atoms. The van der Waals surface area contributed by atoms with Crippen LogP contribution in [0.2, 0.25) is 0 Å². The summed E-state index contributed by atoms with van der Waals surface area (Å²) in [6.07, 6.45) is 3.11. The van der Waals surface area contributed by atoms with Crippen LogP contribution in [-0.4, -0.2) is 10.7 Å². The monoisotopic (exact) mass is 260 g/mol. The summed E-state index contributed by atoms with van der Waals surface area (Å²) in [7, 11) is 0. The number of fused-ring (bicyclic) bond motifs is 1. The third kappa shape index (κ3) is 3.16. The summed E-state index contributed by atoms with van der Waals surface area (Å²) in [4.78, 5) is 4.46. The number of thioether (sulfide) groups is 1. The van der Waals surface area contributed by atoms with Crippen LogP contribution in [-0.2, 0) is 5.75 Å². The number of nitrogens with zero attached hydrogens (tertiary/aromatic N) is 1. The summed E-state index contributed by atoms with van der Waals surface area (Å²) >= 11 is 1.97. The van der Waals surface area contributed by atoms with Crippen molar-refractivity contribution < 1.29 is 0 Å². The summed E-state index contributed by atoms with van der Waals surface area (Å²) < 4.78 is 0. The van der Waals surface area contributed by atoms with Gasteiger partial charge in [-0.05, 0) is 41.9 Å². The second-order valence-corrected chi connectivity index (χ2v) is 6.05. The van der Waals surface area contributed by atoms with Gasteiger partial charge in [0.1, 0.15) is 0 Å². The Morgan fingerprint density at radius 3 is 2.89 bits per heavy atom. The third-order valence-electron chi connectivity index (χ3n) is 2.98. The maximum atomic E-state index is 5.97. The summed E-state index contributed by atoms with van der Waals surface area (Å²) in [5, 5.41) is 1.07. The van der Waals surface area contributed by atoms with E-state index in [1.165, 1.54) is 17.7 Å². The molecule has 2 rings (SSSR count). The average Bonchev–Trinajstić information content (AvgIpc) is 2.37. The van der Waals surface area contributed by atoms with Gasteiger partial charge in [0.2, 0.25) is 0 Å². The molecule has 3 heteroatoms. The van der Waals surface area contributed by atoms with Crippen LogP contribution in [0.4, 0.5) is 5.69 Å². The molecule has 0 unspecified atom stereocenters. The fourth-order valence-corrected chi connectivity index (χ4v) is 3.11. The smallest absolute Gasteiger partial charge is 0.0763 e. The number of hydrogen-bond donors (Lipinski definition) is 1. The van der Waals surface area contributed by atoms with Gasteiger partial charge in [0, 0.05) is 23.0 Å². The molecule has 0 saturated heterocycles. The Hall–Kier alpha value is -1.22. The molecular formula is C15H20N2S. The minimum absolute atomic E-state index is 0.777. The zero-order valence-electron chi connectivity index (χ0n) is 11.0. The number of anilines is 1. The van der Waals surface area contributed by atoms with Gasteiger partial charge in [0.05, 0.1) is 5.52 Å². The first kappa shape index (κ1) is 13.2. The number of aromatic nitrogens is 1. The van der Waals surface area contributed by atoms with Gasteiger partial charge in [-0.2, -0.15) is 11.8 Å². The molecule has 1 heterocycles. The molecule has 1 aromatic heterocycles. The van der Waals surface area contributed by atoms with Gasteiger partial charge in [-0.25, -0.2) is 0 Å². The van der Waals surface area contributed by atoms with Gasteiger partial charge in [-0.3, -0.25) is 4.98 Å². The second kappa shape index (κ2) is 6.10. The summed E-state index contributed by atoms with van der Waals surface area (Å²) in [5.74, 6) is 3.00. The first-order chi connectivity index (χ1) is 8.68. The van der Waals surface area contributed by atoms with Gasteiger partial charge in [-0.1, -0.05) is 19.9 Å². The lowest BCUT2D eigenvalue weighted by Crippen LogP contribution is -1.94. The molecule has 0 radical (unpaired) electrons. The fourth-order valence-electron chi connectivity index (χ4n) is 1.87. The summed E-state index contributed by atoms with van der Waals surface area (Å²) in [5.41, 5.74) is 9.12. The van der Waals surface area contributed by atoms with Crippen molar-refractivity contribution in [1.82, 2.24) is 4.98 Å². The molecule has 2 nitrogen and oxygen atoms in total. The SMILES string of the molecule is CC(C)CCSCc1ccc(N)c2cccnc12. The van der Waals surface area contributed by atoms with E-state index in [2.05, 4.69) is 24.9 Å². The molecule has 0 atom stereocenters. The predicted octanol–water partition coefficient (Wildman–Crippen LogP) is 4.10. The highest BCUT2D eigenvalue weighted by Gasteiger charge is 2.05. The van der Waals surface area contributed by atoms with E-state index in [-0.39, 0.29) is 0 Å². The van der Waals surface area contributed by atoms with Crippen LogP contribution in [0.25, 0.3) is 10.9 Å². The van der Waals surface area contributed by atoms with E-state index in [9.17, 15) is 0 Å². The maximum Gasteiger partial charge on any atom is 0.0763 e. The first-order valence-electron chi connectivity index (χ1n) is 6.38. The molecule has 96 valence electrons. The molecule has 0 aliphatic carbocycles. The van der Waals surface area contributed by atoms with Gasteiger partial charge < -0.3 is 5.73 Å². The van der Waals surface area contributed by atoms with E-state index < -0.39 is 0 Å². The van der Waals surface area contributed by atoms with Gasteiger partial charge in [0.25, 0.3) is 0 Å². The zero-order valence-corrected chi connectivity index (χ0v) is 11.8. The van der Waals surface area contributed by atoms with Crippen LogP contribution in [0.5, 0.6) is 0 Å². The molecule has 0 aliphatic rings. The molecule has 0 amide bonds. The summed E-state index contributed by atoms with van der Waals surface area (Å²) in [6, 6.07) is 8.07. The highest BCUT2D eigenvalue weighted by molar-refractivity contribution is 7.98. The molecule has 0 spiro atoms. The van der Waals surface area contributed by atoms with Crippen LogP contribution in [0.1, 0.15) is 25.8 Å². The molecule has 1 aromatic carbocycles. The fraction of sp³-hybridized carbons (Fsp3) is 0.400. The van der Waals surface area contributed by atoms with E-state index in [0.717, 1.165) is 28.3 Å². The zero-order chi connectivity index (χ0) is 13.0. The number of nitrogen functional groups attached to an aromatic ring is 1. The number of hydrogen-bond acceptors (Lipinski definition) is 3. The van der Waals surface area contributed by atoms with Crippen molar-refractivity contribution in [2.24, 2.45) is 5.92 Å². The largest absolute Gasteiger partial charge is 0.398 e. The first-order valence-corrected chi connectivity index (χ1v) is 7.54. The van der Waals surface area contributed by atoms with Crippen molar-refractivity contribution in [3.63, 3.8) is 0 Å². The van der Waals surface area contributed by atoms with Crippen molar-refractivity contribution in [2.75, 3.05) is 11.5 Å². The summed E-state index contributed by atoms with van der Waals surface area (Å²) in [6.45, 7) is 4.53. The Kier molecular flexibility index (Phi) is 4.48. The highest BCUT2D eigenvalue weighted by atomic mass is 32.2. The molecule has 0 bridgehead atoms. The van der Waals surface area contributed by atoms with E-state index in [4.69, 9.17) is 5.73 Å². The molecular weight excluding hydrogens is 240 g/mol. The van der Waals surface area contributed by atoms with Crippen molar-refractivity contribution in [3.05, 3.63) is 36.0 Å². The predicted molar refractivity (Wildman–Crippen MR) is 81.8 cm³/mol. The van der Waals surface area contributed by atoms with Gasteiger partial charge >= 0.3 is 0 Å². The molecule has 0 fully saturated rings. The standard InChI is InChI=1S/C15H20N2S/c1-11(2)7-9-18-10-12-5-6-14(16)13-4-3-8-17-15(12)13/h3-6,8,11H,7,9-10,16H2,1-2H3. The van der Waals surface area contributed by atoms with Crippen LogP contribution < -0.4 is 5.73 Å². The van der Waals surface area contributed by atoms with E-state index in [0.29, 0.717) is 0 Å². The third-order valence-corrected chi connectivity index (χ3v) is 4.02. The van der Waals surface area contributed by atoms with Crippen molar-refractivity contribution in [3.8, 4) is 0 Å². The number of rotatable bonds is 5. The number of pyridine rings is 1. The van der Waals surface area contributed by atoms with Gasteiger partial charge in [-0.15, -0.1) is 0 Å². The molecule has 0 saturated carbocycles. The van der Waals surface area contributed by atoms with E-state index in [1.807, 2.05) is 36.2 Å². The van der Waals surface area contributed by atoms with E-state index >= 15 is 0 Å². The lowest BCUT2D eigenvalue weighted by atomic mass is 10.1.